The average molecular weight is 423 g/mol. The van der Waals surface area contributed by atoms with Gasteiger partial charge in [0.05, 0.1) is 22.2 Å². The first-order chi connectivity index (χ1) is 12.4. The van der Waals surface area contributed by atoms with Crippen molar-refractivity contribution in [1.29, 1.82) is 0 Å². The van der Waals surface area contributed by atoms with Crippen LogP contribution in [0.1, 0.15) is 26.2 Å². The highest BCUT2D eigenvalue weighted by molar-refractivity contribution is 9.10. The van der Waals surface area contributed by atoms with Crippen molar-refractivity contribution < 1.29 is 19.1 Å². The summed E-state index contributed by atoms with van der Waals surface area (Å²) in [4.78, 5) is 31.2. The first-order valence-electron chi connectivity index (χ1n) is 8.57. The minimum atomic E-state index is -0.854. The van der Waals surface area contributed by atoms with Gasteiger partial charge in [-0.15, -0.1) is 0 Å². The van der Waals surface area contributed by atoms with E-state index in [2.05, 4.69) is 26.2 Å². The lowest BCUT2D eigenvalue weighted by Gasteiger charge is -2.48. The maximum absolute atomic E-state index is 11.6. The molecule has 138 valence electrons. The maximum atomic E-state index is 11.6. The van der Waals surface area contributed by atoms with E-state index >= 15 is 0 Å². The van der Waals surface area contributed by atoms with Gasteiger partial charge >= 0.3 is 6.09 Å². The summed E-state index contributed by atoms with van der Waals surface area (Å²) in [5.74, 6) is -0.178. The molecule has 2 amide bonds. The lowest BCUT2D eigenvalue weighted by atomic mass is 9.92. The number of carbonyl (C=O) groups excluding carboxylic acids is 1. The first kappa shape index (κ1) is 17.1. The molecule has 2 atom stereocenters. The number of fused-ring (bicyclic) bond motifs is 3. The highest BCUT2D eigenvalue weighted by Crippen LogP contribution is 2.36. The zero-order valence-electron chi connectivity index (χ0n) is 14.2. The van der Waals surface area contributed by atoms with E-state index in [1.54, 1.807) is 17.0 Å². The molecule has 2 fully saturated rings. The van der Waals surface area contributed by atoms with E-state index in [0.717, 1.165) is 23.7 Å². The molecular formula is C17H19BrN4O4. The number of nitrogens with one attached hydrogen (secondary N) is 1. The topological polar surface area (TPSA) is 98.9 Å². The third-order valence-electron chi connectivity index (χ3n) is 5.01. The number of carboxylic acid groups (broad SMARTS) is 1. The molecule has 2 aliphatic heterocycles. The number of anilines is 2. The highest BCUT2D eigenvalue weighted by Gasteiger charge is 2.41. The Labute approximate surface area is 158 Å². The minimum absolute atomic E-state index is 0.0479. The summed E-state index contributed by atoms with van der Waals surface area (Å²) in [5.41, 5.74) is 1.74. The van der Waals surface area contributed by atoms with Gasteiger partial charge in [-0.05, 0) is 47.3 Å². The normalized spacial score (nSPS) is 22.5. The summed E-state index contributed by atoms with van der Waals surface area (Å²) >= 11 is 3.46. The van der Waals surface area contributed by atoms with Crippen molar-refractivity contribution in [3.63, 3.8) is 0 Å². The van der Waals surface area contributed by atoms with E-state index < -0.39 is 6.09 Å². The van der Waals surface area contributed by atoms with Gasteiger partial charge in [-0.2, -0.15) is 4.98 Å². The molecule has 2 unspecified atom stereocenters. The molecule has 1 aromatic carbocycles. The molecule has 0 radical (unpaired) electrons. The van der Waals surface area contributed by atoms with Crippen molar-refractivity contribution in [1.82, 2.24) is 9.88 Å². The Kier molecular flexibility index (Phi) is 4.26. The van der Waals surface area contributed by atoms with Crippen LogP contribution in [-0.4, -0.2) is 52.2 Å². The Hall–Kier alpha value is -2.29. The molecule has 8 nitrogen and oxygen atoms in total. The van der Waals surface area contributed by atoms with Gasteiger partial charge in [0.2, 0.25) is 5.91 Å². The fraction of sp³-hybridized carbons (Fsp3) is 0.471. The molecule has 2 aromatic rings. The largest absolute Gasteiger partial charge is 0.465 e. The van der Waals surface area contributed by atoms with Crippen LogP contribution in [0.2, 0.25) is 0 Å². The zero-order chi connectivity index (χ0) is 18.4. The molecule has 2 N–H and O–H groups in total. The van der Waals surface area contributed by atoms with Gasteiger partial charge in [-0.1, -0.05) is 0 Å². The number of piperidine rings is 1. The molecule has 3 heterocycles. The fourth-order valence-electron chi connectivity index (χ4n) is 3.97. The van der Waals surface area contributed by atoms with Gasteiger partial charge in [0.1, 0.15) is 5.52 Å². The molecule has 2 aliphatic rings. The van der Waals surface area contributed by atoms with E-state index in [1.807, 2.05) is 4.90 Å². The molecule has 26 heavy (non-hydrogen) atoms. The lowest BCUT2D eigenvalue weighted by molar-refractivity contribution is -0.114. The van der Waals surface area contributed by atoms with Crippen LogP contribution in [0.4, 0.5) is 16.5 Å². The van der Waals surface area contributed by atoms with Crippen LogP contribution < -0.4 is 10.2 Å². The molecular weight excluding hydrogens is 404 g/mol. The Morgan fingerprint density at radius 3 is 2.62 bits per heavy atom. The number of carbonyl (C=O) groups is 2. The number of aromatic nitrogens is 1. The van der Waals surface area contributed by atoms with Crippen LogP contribution in [-0.2, 0) is 4.79 Å². The second-order valence-corrected chi connectivity index (χ2v) is 7.64. The summed E-state index contributed by atoms with van der Waals surface area (Å²) in [6.45, 7) is 2.56. The number of halogens is 1. The van der Waals surface area contributed by atoms with Crippen molar-refractivity contribution in [2.75, 3.05) is 23.3 Å². The molecule has 0 spiro atoms. The number of amides is 2. The van der Waals surface area contributed by atoms with E-state index in [4.69, 9.17) is 4.42 Å². The highest BCUT2D eigenvalue weighted by atomic mass is 79.9. The molecule has 1 aromatic heterocycles. The van der Waals surface area contributed by atoms with E-state index in [-0.39, 0.29) is 18.0 Å². The van der Waals surface area contributed by atoms with Crippen molar-refractivity contribution in [2.45, 2.75) is 38.3 Å². The Bertz CT molecular complexity index is 869. The van der Waals surface area contributed by atoms with Crippen LogP contribution in [0, 0.1) is 0 Å². The molecule has 9 heteroatoms. The standard InChI is InChI=1S/C17H19BrN4O4/c1-9(23)19-13-6-5-12(18)15-14(13)20-16(26-15)21-7-10-3-2-4-11(8-21)22(10)17(24)25/h5-6,10-11H,2-4,7-8H2,1H3,(H,19,23)(H,24,25). The van der Waals surface area contributed by atoms with Crippen LogP contribution in [0.25, 0.3) is 11.1 Å². The quantitative estimate of drug-likeness (QED) is 0.770. The summed E-state index contributed by atoms with van der Waals surface area (Å²) in [5, 5.41) is 12.3. The summed E-state index contributed by atoms with van der Waals surface area (Å²) in [6.07, 6.45) is 1.88. The van der Waals surface area contributed by atoms with E-state index in [0.29, 0.717) is 35.9 Å². The number of hydrogen-bond donors (Lipinski definition) is 2. The van der Waals surface area contributed by atoms with Gasteiger partial charge in [0, 0.05) is 20.0 Å². The molecule has 2 bridgehead atoms. The summed E-state index contributed by atoms with van der Waals surface area (Å²) in [6, 6.07) is 3.94. The second kappa shape index (κ2) is 6.46. The number of rotatable bonds is 2. The number of oxazole rings is 1. The van der Waals surface area contributed by atoms with Gasteiger partial charge in [0.25, 0.3) is 6.01 Å². The summed E-state index contributed by atoms with van der Waals surface area (Å²) in [7, 11) is 0. The maximum Gasteiger partial charge on any atom is 0.407 e. The van der Waals surface area contributed by atoms with Gasteiger partial charge < -0.3 is 19.7 Å². The van der Waals surface area contributed by atoms with Gasteiger partial charge in [-0.25, -0.2) is 4.79 Å². The zero-order valence-corrected chi connectivity index (χ0v) is 15.8. The van der Waals surface area contributed by atoms with Crippen molar-refractivity contribution in [2.24, 2.45) is 0 Å². The van der Waals surface area contributed by atoms with Crippen molar-refractivity contribution >= 4 is 50.7 Å². The number of nitrogens with zero attached hydrogens (tertiary/aromatic N) is 3. The van der Waals surface area contributed by atoms with Gasteiger partial charge in [-0.3, -0.25) is 9.69 Å². The van der Waals surface area contributed by atoms with E-state index in [1.165, 1.54) is 6.92 Å². The van der Waals surface area contributed by atoms with Crippen LogP contribution >= 0.6 is 15.9 Å². The number of benzene rings is 1. The lowest BCUT2D eigenvalue weighted by Crippen LogP contribution is -2.62. The molecule has 4 rings (SSSR count). The molecule has 2 saturated heterocycles. The number of piperazine rings is 1. The fourth-order valence-corrected chi connectivity index (χ4v) is 4.37. The van der Waals surface area contributed by atoms with Gasteiger partial charge in [0.15, 0.2) is 5.58 Å². The first-order valence-corrected chi connectivity index (χ1v) is 9.36. The predicted octanol–water partition coefficient (Wildman–Crippen LogP) is 3.27. The van der Waals surface area contributed by atoms with Crippen LogP contribution in [0.5, 0.6) is 0 Å². The Morgan fingerprint density at radius 2 is 2.00 bits per heavy atom. The van der Waals surface area contributed by atoms with E-state index in [9.17, 15) is 14.7 Å². The third-order valence-corrected chi connectivity index (χ3v) is 5.63. The Morgan fingerprint density at radius 1 is 1.31 bits per heavy atom. The van der Waals surface area contributed by atoms with Crippen LogP contribution in [0.3, 0.4) is 0 Å². The molecule has 0 saturated carbocycles. The third kappa shape index (κ3) is 2.90. The summed E-state index contributed by atoms with van der Waals surface area (Å²) < 4.78 is 6.73. The number of hydrogen-bond acceptors (Lipinski definition) is 5. The average Bonchev–Trinajstić information content (AvgIpc) is 3.02. The predicted molar refractivity (Wildman–Crippen MR) is 99.5 cm³/mol. The monoisotopic (exact) mass is 422 g/mol. The van der Waals surface area contributed by atoms with Crippen molar-refractivity contribution in [3.8, 4) is 0 Å². The smallest absolute Gasteiger partial charge is 0.407 e. The second-order valence-electron chi connectivity index (χ2n) is 6.78. The molecule has 0 aliphatic carbocycles. The van der Waals surface area contributed by atoms with Crippen molar-refractivity contribution in [3.05, 3.63) is 16.6 Å². The Balaban J connectivity index is 1.68. The minimum Gasteiger partial charge on any atom is -0.465 e. The van der Waals surface area contributed by atoms with Crippen LogP contribution in [0.15, 0.2) is 21.0 Å². The SMILES string of the molecule is CC(=O)Nc1ccc(Br)c2oc(N3CC4CCCC(C3)N4C(=O)O)nc12.